The second-order valence-electron chi connectivity index (χ2n) is 3.32. The molecule has 0 bridgehead atoms. The number of hydrogen-bond donors (Lipinski definition) is 1. The molecule has 0 aromatic heterocycles. The zero-order valence-corrected chi connectivity index (χ0v) is 10.2. The van der Waals surface area contributed by atoms with Crippen LogP contribution in [0.1, 0.15) is 27.6 Å². The van der Waals surface area contributed by atoms with Gasteiger partial charge in [-0.1, -0.05) is 0 Å². The first kappa shape index (κ1) is 14.4. The summed E-state index contributed by atoms with van der Waals surface area (Å²) in [5.41, 5.74) is -1.91. The van der Waals surface area contributed by atoms with Crippen LogP contribution in [0, 0.1) is 10.1 Å². The van der Waals surface area contributed by atoms with Crippen molar-refractivity contribution in [1.82, 2.24) is 0 Å². The third kappa shape index (κ3) is 2.79. The quantitative estimate of drug-likeness (QED) is 0.488. The number of nitro benzene ring substituents is 1. The summed E-state index contributed by atoms with van der Waals surface area (Å²) in [6.07, 6.45) is 0. The Morgan fingerprint density at radius 2 is 2.05 bits per heavy atom. The number of nitro groups is 1. The Labute approximate surface area is 107 Å². The molecule has 0 aliphatic heterocycles. The van der Waals surface area contributed by atoms with E-state index in [1.165, 1.54) is 6.92 Å². The number of rotatable bonds is 5. The number of benzene rings is 1. The summed E-state index contributed by atoms with van der Waals surface area (Å²) < 4.78 is 9.40. The minimum atomic E-state index is -1.60. The lowest BCUT2D eigenvalue weighted by atomic mass is 10.0. The van der Waals surface area contributed by atoms with Gasteiger partial charge in [0.1, 0.15) is 0 Å². The average Bonchev–Trinajstić information content (AvgIpc) is 2.36. The van der Waals surface area contributed by atoms with Crippen LogP contribution in [0.3, 0.4) is 0 Å². The molecule has 0 atom stereocenters. The fourth-order valence-corrected chi connectivity index (χ4v) is 1.51. The fraction of sp³-hybridized carbons (Fsp3) is 0.273. The Kier molecular flexibility index (Phi) is 4.41. The first-order valence-corrected chi connectivity index (χ1v) is 5.19. The second kappa shape index (κ2) is 5.80. The molecule has 0 aliphatic rings. The number of carbonyl (C=O) groups is 2. The Hall–Kier alpha value is -2.64. The Morgan fingerprint density at radius 1 is 1.42 bits per heavy atom. The highest BCUT2D eigenvalue weighted by atomic mass is 16.6. The molecule has 0 fully saturated rings. The Bertz CT molecular complexity index is 538. The van der Waals surface area contributed by atoms with Crippen molar-refractivity contribution in [1.29, 1.82) is 0 Å². The van der Waals surface area contributed by atoms with Crippen molar-refractivity contribution < 1.29 is 29.1 Å². The number of hydrogen-bond acceptors (Lipinski definition) is 6. The number of carboxylic acid groups (broad SMARTS) is 1. The van der Waals surface area contributed by atoms with Crippen LogP contribution in [0.2, 0.25) is 0 Å². The topological polar surface area (TPSA) is 116 Å². The summed E-state index contributed by atoms with van der Waals surface area (Å²) in [6, 6.07) is 2.27. The zero-order chi connectivity index (χ0) is 14.6. The van der Waals surface area contributed by atoms with Crippen LogP contribution in [0.5, 0.6) is 5.75 Å². The number of nitrogens with zero attached hydrogens (tertiary/aromatic N) is 1. The molecule has 0 spiro atoms. The van der Waals surface area contributed by atoms with Crippen LogP contribution < -0.4 is 4.74 Å². The van der Waals surface area contributed by atoms with Gasteiger partial charge in [-0.3, -0.25) is 10.1 Å². The van der Waals surface area contributed by atoms with E-state index in [0.29, 0.717) is 0 Å². The van der Waals surface area contributed by atoms with Gasteiger partial charge in [-0.2, -0.15) is 0 Å². The van der Waals surface area contributed by atoms with Gasteiger partial charge in [0.2, 0.25) is 0 Å². The predicted molar refractivity (Wildman–Crippen MR) is 62.6 cm³/mol. The molecular formula is C11H11NO7. The standard InChI is InChI=1S/C11H11NO7/c1-3-19-11(15)6-4-5-7(18-2)9(12(16)17)8(6)10(13)14/h4-5H,3H2,1-2H3,(H,13,14). The summed E-state index contributed by atoms with van der Waals surface area (Å²) in [4.78, 5) is 32.8. The van der Waals surface area contributed by atoms with Crippen molar-refractivity contribution >= 4 is 17.6 Å². The van der Waals surface area contributed by atoms with Crippen LogP contribution in [-0.4, -0.2) is 35.7 Å². The van der Waals surface area contributed by atoms with E-state index < -0.39 is 28.1 Å². The smallest absolute Gasteiger partial charge is 0.343 e. The van der Waals surface area contributed by atoms with E-state index in [1.54, 1.807) is 0 Å². The molecule has 1 N–H and O–H groups in total. The number of esters is 1. The maximum Gasteiger partial charge on any atom is 0.343 e. The van der Waals surface area contributed by atoms with Crippen molar-refractivity contribution in [3.05, 3.63) is 33.4 Å². The van der Waals surface area contributed by atoms with Crippen molar-refractivity contribution in [2.24, 2.45) is 0 Å². The monoisotopic (exact) mass is 269 g/mol. The van der Waals surface area contributed by atoms with Crippen molar-refractivity contribution in [3.8, 4) is 5.75 Å². The molecule has 0 unspecified atom stereocenters. The highest BCUT2D eigenvalue weighted by Gasteiger charge is 2.32. The molecule has 8 heteroatoms. The van der Waals surface area contributed by atoms with Gasteiger partial charge >= 0.3 is 17.6 Å². The molecule has 0 amide bonds. The number of carboxylic acids is 1. The second-order valence-corrected chi connectivity index (χ2v) is 3.32. The molecule has 0 saturated carbocycles. The molecule has 0 radical (unpaired) electrons. The summed E-state index contributed by atoms with van der Waals surface area (Å²) in [5.74, 6) is -2.78. The summed E-state index contributed by atoms with van der Waals surface area (Å²) >= 11 is 0. The van der Waals surface area contributed by atoms with E-state index in [2.05, 4.69) is 4.74 Å². The van der Waals surface area contributed by atoms with Crippen molar-refractivity contribution in [2.75, 3.05) is 13.7 Å². The maximum absolute atomic E-state index is 11.6. The normalized spacial score (nSPS) is 9.79. The van der Waals surface area contributed by atoms with Gasteiger partial charge in [0.15, 0.2) is 11.3 Å². The first-order valence-electron chi connectivity index (χ1n) is 5.19. The van der Waals surface area contributed by atoms with Crippen LogP contribution in [0.15, 0.2) is 12.1 Å². The van der Waals surface area contributed by atoms with Gasteiger partial charge in [-0.05, 0) is 19.1 Å². The highest BCUT2D eigenvalue weighted by Crippen LogP contribution is 2.33. The predicted octanol–water partition coefficient (Wildman–Crippen LogP) is 1.48. The molecule has 1 aromatic rings. The van der Waals surface area contributed by atoms with Gasteiger partial charge in [0.05, 0.1) is 24.2 Å². The minimum Gasteiger partial charge on any atom is -0.490 e. The lowest BCUT2D eigenvalue weighted by molar-refractivity contribution is -0.386. The molecular weight excluding hydrogens is 258 g/mol. The number of aromatic carboxylic acids is 1. The van der Waals surface area contributed by atoms with Crippen LogP contribution >= 0.6 is 0 Å². The third-order valence-electron chi connectivity index (χ3n) is 2.25. The number of carbonyl (C=O) groups excluding carboxylic acids is 1. The SMILES string of the molecule is CCOC(=O)c1ccc(OC)c([N+](=O)[O-])c1C(=O)O. The van der Waals surface area contributed by atoms with Crippen LogP contribution in [0.25, 0.3) is 0 Å². The lowest BCUT2D eigenvalue weighted by Gasteiger charge is -2.09. The first-order chi connectivity index (χ1) is 8.93. The van der Waals surface area contributed by atoms with Crippen LogP contribution in [0.4, 0.5) is 5.69 Å². The summed E-state index contributed by atoms with van der Waals surface area (Å²) in [5, 5.41) is 20.0. The highest BCUT2D eigenvalue weighted by molar-refractivity contribution is 6.06. The molecule has 0 saturated heterocycles. The molecule has 102 valence electrons. The summed E-state index contributed by atoms with van der Waals surface area (Å²) in [7, 11) is 1.16. The van der Waals surface area contributed by atoms with Gasteiger partial charge in [-0.25, -0.2) is 9.59 Å². The zero-order valence-electron chi connectivity index (χ0n) is 10.2. The molecule has 1 rings (SSSR count). The van der Waals surface area contributed by atoms with E-state index in [1.807, 2.05) is 0 Å². The van der Waals surface area contributed by atoms with E-state index in [-0.39, 0.29) is 17.9 Å². The minimum absolute atomic E-state index is 0.0255. The molecule has 8 nitrogen and oxygen atoms in total. The van der Waals surface area contributed by atoms with Crippen molar-refractivity contribution in [2.45, 2.75) is 6.92 Å². The van der Waals surface area contributed by atoms with Gasteiger partial charge in [-0.15, -0.1) is 0 Å². The molecule has 0 heterocycles. The Morgan fingerprint density at radius 3 is 2.47 bits per heavy atom. The third-order valence-corrected chi connectivity index (χ3v) is 2.25. The maximum atomic E-state index is 11.6. The summed E-state index contributed by atoms with van der Waals surface area (Å²) in [6.45, 7) is 1.56. The largest absolute Gasteiger partial charge is 0.490 e. The van der Waals surface area contributed by atoms with E-state index in [0.717, 1.165) is 19.2 Å². The fourth-order valence-electron chi connectivity index (χ4n) is 1.51. The molecule has 1 aromatic carbocycles. The molecule has 19 heavy (non-hydrogen) atoms. The number of methoxy groups -OCH3 is 1. The van der Waals surface area contributed by atoms with E-state index >= 15 is 0 Å². The van der Waals surface area contributed by atoms with Crippen LogP contribution in [-0.2, 0) is 4.74 Å². The average molecular weight is 269 g/mol. The molecule has 0 aliphatic carbocycles. The number of ether oxygens (including phenoxy) is 2. The van der Waals surface area contributed by atoms with Gasteiger partial charge in [0, 0.05) is 0 Å². The van der Waals surface area contributed by atoms with E-state index in [4.69, 9.17) is 9.84 Å². The van der Waals surface area contributed by atoms with E-state index in [9.17, 15) is 19.7 Å². The lowest BCUT2D eigenvalue weighted by Crippen LogP contribution is -2.14. The Balaban J connectivity index is 3.58. The van der Waals surface area contributed by atoms with Gasteiger partial charge in [0.25, 0.3) is 0 Å². The van der Waals surface area contributed by atoms with Crippen molar-refractivity contribution in [3.63, 3.8) is 0 Å². The van der Waals surface area contributed by atoms with Gasteiger partial charge < -0.3 is 14.6 Å².